The van der Waals surface area contributed by atoms with Crippen LogP contribution in [-0.2, 0) is 0 Å². The molecule has 2 heterocycles. The Hall–Kier alpha value is -0.320. The first kappa shape index (κ1) is 10.2. The van der Waals surface area contributed by atoms with Crippen molar-refractivity contribution in [3.63, 3.8) is 0 Å². The summed E-state index contributed by atoms with van der Waals surface area (Å²) in [5.74, 6) is 1.88. The Morgan fingerprint density at radius 1 is 1.64 bits per heavy atom. The monoisotopic (exact) mass is 229 g/mol. The average Bonchev–Trinajstić information content (AvgIpc) is 2.67. The molecule has 0 spiro atoms. The minimum absolute atomic E-state index is 0.333. The van der Waals surface area contributed by atoms with E-state index in [4.69, 9.17) is 11.6 Å². The molecule has 0 unspecified atom stereocenters. The average molecular weight is 230 g/mol. The minimum atomic E-state index is 0.333. The summed E-state index contributed by atoms with van der Waals surface area (Å²) in [5, 5.41) is 4.65. The van der Waals surface area contributed by atoms with Crippen molar-refractivity contribution >= 4 is 23.4 Å². The molecule has 1 aromatic heterocycles. The number of hydrogen-bond acceptors (Lipinski definition) is 4. The Morgan fingerprint density at radius 3 is 3.29 bits per heavy atom. The molecule has 1 aliphatic heterocycles. The van der Waals surface area contributed by atoms with Crippen molar-refractivity contribution in [2.45, 2.75) is 11.4 Å². The fourth-order valence-electron chi connectivity index (χ4n) is 1.46. The second kappa shape index (κ2) is 4.96. The number of rotatable bonds is 3. The van der Waals surface area contributed by atoms with E-state index >= 15 is 0 Å². The van der Waals surface area contributed by atoms with E-state index in [9.17, 15) is 0 Å². The molecule has 76 valence electrons. The molecule has 0 amide bonds. The van der Waals surface area contributed by atoms with Crippen LogP contribution in [0.5, 0.6) is 0 Å². The lowest BCUT2D eigenvalue weighted by Gasteiger charge is -2.06. The highest BCUT2D eigenvalue weighted by molar-refractivity contribution is 7.99. The topological polar surface area (TPSA) is 37.8 Å². The van der Waals surface area contributed by atoms with Crippen LogP contribution in [0.4, 0.5) is 0 Å². The zero-order chi connectivity index (χ0) is 9.80. The van der Waals surface area contributed by atoms with Gasteiger partial charge >= 0.3 is 0 Å². The summed E-state index contributed by atoms with van der Waals surface area (Å²) in [4.78, 5) is 7.98. The van der Waals surface area contributed by atoms with Crippen LogP contribution in [0.1, 0.15) is 6.42 Å². The molecule has 0 bridgehead atoms. The van der Waals surface area contributed by atoms with E-state index in [2.05, 4.69) is 15.3 Å². The van der Waals surface area contributed by atoms with Crippen molar-refractivity contribution in [2.75, 3.05) is 18.8 Å². The normalized spacial score (nSPS) is 21.4. The van der Waals surface area contributed by atoms with Gasteiger partial charge in [0.2, 0.25) is 5.28 Å². The summed E-state index contributed by atoms with van der Waals surface area (Å²) in [6.07, 6.45) is 2.97. The van der Waals surface area contributed by atoms with E-state index in [-0.39, 0.29) is 0 Å². The van der Waals surface area contributed by atoms with Crippen molar-refractivity contribution in [1.82, 2.24) is 15.3 Å². The van der Waals surface area contributed by atoms with E-state index in [0.717, 1.165) is 29.8 Å². The number of aromatic nitrogens is 2. The molecule has 0 aliphatic carbocycles. The molecule has 1 saturated heterocycles. The fourth-order valence-corrected chi connectivity index (χ4v) is 2.66. The van der Waals surface area contributed by atoms with Gasteiger partial charge in [0.15, 0.2) is 0 Å². The first-order valence-corrected chi connectivity index (χ1v) is 6.03. The molecule has 1 fully saturated rings. The predicted octanol–water partition coefficient (Wildman–Crippen LogP) is 1.83. The second-order valence-electron chi connectivity index (χ2n) is 3.33. The summed E-state index contributed by atoms with van der Waals surface area (Å²) >= 11 is 7.45. The number of nitrogens with zero attached hydrogens (tertiary/aromatic N) is 2. The second-order valence-corrected chi connectivity index (χ2v) is 4.71. The van der Waals surface area contributed by atoms with Crippen molar-refractivity contribution in [3.8, 4) is 0 Å². The predicted molar refractivity (Wildman–Crippen MR) is 58.7 cm³/mol. The van der Waals surface area contributed by atoms with Gasteiger partial charge in [-0.15, -0.1) is 11.8 Å². The van der Waals surface area contributed by atoms with Gasteiger partial charge in [0.1, 0.15) is 5.03 Å². The van der Waals surface area contributed by atoms with Crippen molar-refractivity contribution in [3.05, 3.63) is 17.5 Å². The van der Waals surface area contributed by atoms with E-state index in [1.807, 2.05) is 6.07 Å². The Bertz CT molecular complexity index is 302. The largest absolute Gasteiger partial charge is 0.316 e. The molecule has 0 radical (unpaired) electrons. The van der Waals surface area contributed by atoms with Crippen molar-refractivity contribution < 1.29 is 0 Å². The summed E-state index contributed by atoms with van der Waals surface area (Å²) in [6, 6.07) is 1.90. The van der Waals surface area contributed by atoms with Gasteiger partial charge in [0.25, 0.3) is 0 Å². The zero-order valence-electron chi connectivity index (χ0n) is 7.74. The van der Waals surface area contributed by atoms with Crippen LogP contribution in [0.3, 0.4) is 0 Å². The van der Waals surface area contributed by atoms with Gasteiger partial charge in [0, 0.05) is 11.9 Å². The molecule has 5 heteroatoms. The minimum Gasteiger partial charge on any atom is -0.316 e. The van der Waals surface area contributed by atoms with E-state index in [1.54, 1.807) is 18.0 Å². The Morgan fingerprint density at radius 2 is 2.57 bits per heavy atom. The van der Waals surface area contributed by atoms with Crippen LogP contribution >= 0.6 is 23.4 Å². The Kier molecular flexibility index (Phi) is 3.61. The van der Waals surface area contributed by atoms with Gasteiger partial charge in [-0.3, -0.25) is 0 Å². The van der Waals surface area contributed by atoms with Crippen LogP contribution in [0.25, 0.3) is 0 Å². The maximum absolute atomic E-state index is 5.69. The molecule has 14 heavy (non-hydrogen) atoms. The third kappa shape index (κ3) is 2.83. The molecule has 1 aliphatic rings. The lowest BCUT2D eigenvalue weighted by atomic mass is 10.2. The highest BCUT2D eigenvalue weighted by Gasteiger charge is 2.14. The molecule has 1 aromatic rings. The number of nitrogens with one attached hydrogen (secondary N) is 1. The highest BCUT2D eigenvalue weighted by atomic mass is 35.5. The third-order valence-corrected chi connectivity index (χ3v) is 3.57. The van der Waals surface area contributed by atoms with Crippen molar-refractivity contribution in [2.24, 2.45) is 5.92 Å². The van der Waals surface area contributed by atoms with E-state index in [0.29, 0.717) is 5.28 Å². The Labute approximate surface area is 92.7 Å². The summed E-state index contributed by atoms with van der Waals surface area (Å²) < 4.78 is 0. The highest BCUT2D eigenvalue weighted by Crippen LogP contribution is 2.21. The van der Waals surface area contributed by atoms with Crippen molar-refractivity contribution in [1.29, 1.82) is 0 Å². The lowest BCUT2D eigenvalue weighted by Crippen LogP contribution is -2.10. The number of thioether (sulfide) groups is 1. The van der Waals surface area contributed by atoms with Gasteiger partial charge in [-0.2, -0.15) is 0 Å². The molecule has 0 saturated carbocycles. The summed E-state index contributed by atoms with van der Waals surface area (Å²) in [7, 11) is 0. The Balaban J connectivity index is 1.85. The maximum atomic E-state index is 5.69. The fraction of sp³-hybridized carbons (Fsp3) is 0.556. The standard InChI is InChI=1S/C9H12ClN3S/c10-9-12-4-2-8(13-9)14-6-7-1-3-11-5-7/h2,4,7,11H,1,3,5-6H2/t7-/m1/s1. The van der Waals surface area contributed by atoms with Gasteiger partial charge in [0.05, 0.1) is 0 Å². The molecule has 1 N–H and O–H groups in total. The molecule has 1 atom stereocenters. The van der Waals surface area contributed by atoms with Crippen LogP contribution in [-0.4, -0.2) is 28.8 Å². The summed E-state index contributed by atoms with van der Waals surface area (Å²) in [5.41, 5.74) is 0. The quantitative estimate of drug-likeness (QED) is 0.488. The SMILES string of the molecule is Clc1nccc(SC[C@@H]2CCNC2)n1. The summed E-state index contributed by atoms with van der Waals surface area (Å²) in [6.45, 7) is 2.28. The maximum Gasteiger partial charge on any atom is 0.223 e. The van der Waals surface area contributed by atoms with E-state index in [1.165, 1.54) is 6.42 Å². The first-order valence-electron chi connectivity index (χ1n) is 4.66. The third-order valence-electron chi connectivity index (χ3n) is 2.23. The van der Waals surface area contributed by atoms with Gasteiger partial charge < -0.3 is 5.32 Å². The van der Waals surface area contributed by atoms with Gasteiger partial charge in [-0.05, 0) is 43.1 Å². The van der Waals surface area contributed by atoms with Crippen LogP contribution in [0.2, 0.25) is 5.28 Å². The van der Waals surface area contributed by atoms with Crippen LogP contribution in [0.15, 0.2) is 17.3 Å². The smallest absolute Gasteiger partial charge is 0.223 e. The molecule has 2 rings (SSSR count). The molecular weight excluding hydrogens is 218 g/mol. The lowest BCUT2D eigenvalue weighted by molar-refractivity contribution is 0.662. The zero-order valence-corrected chi connectivity index (χ0v) is 9.31. The van der Waals surface area contributed by atoms with E-state index < -0.39 is 0 Å². The number of hydrogen-bond donors (Lipinski definition) is 1. The number of halogens is 1. The first-order chi connectivity index (χ1) is 6.84. The van der Waals surface area contributed by atoms with Gasteiger partial charge in [-0.1, -0.05) is 0 Å². The molecule has 0 aromatic carbocycles. The van der Waals surface area contributed by atoms with Crippen LogP contribution in [0, 0.1) is 5.92 Å². The molecular formula is C9H12ClN3S. The van der Waals surface area contributed by atoms with Crippen LogP contribution < -0.4 is 5.32 Å². The van der Waals surface area contributed by atoms with Gasteiger partial charge in [-0.25, -0.2) is 9.97 Å². The molecule has 3 nitrogen and oxygen atoms in total.